The molecule has 1 aliphatic carbocycles. The molecule has 0 unspecified atom stereocenters. The van der Waals surface area contributed by atoms with Gasteiger partial charge in [-0.1, -0.05) is 6.07 Å². The minimum atomic E-state index is 0.432. The van der Waals surface area contributed by atoms with E-state index in [-0.39, 0.29) is 0 Å². The van der Waals surface area contributed by atoms with Crippen LogP contribution in [-0.4, -0.2) is 23.6 Å². The highest BCUT2D eigenvalue weighted by Gasteiger charge is 2.16. The van der Waals surface area contributed by atoms with Gasteiger partial charge in [-0.15, -0.1) is 0 Å². The van der Waals surface area contributed by atoms with Crippen molar-refractivity contribution in [2.45, 2.75) is 26.2 Å². The van der Waals surface area contributed by atoms with Crippen LogP contribution in [0.4, 0.5) is 5.82 Å². The Hall–Kier alpha value is -2.30. The molecule has 5 nitrogen and oxygen atoms in total. The molecule has 0 bridgehead atoms. The summed E-state index contributed by atoms with van der Waals surface area (Å²) in [4.78, 5) is 8.36. The van der Waals surface area contributed by atoms with Gasteiger partial charge in [-0.3, -0.25) is 0 Å². The van der Waals surface area contributed by atoms with E-state index in [1.165, 1.54) is 23.9 Å². The number of anilines is 1. The van der Waals surface area contributed by atoms with Crippen molar-refractivity contribution in [1.82, 2.24) is 9.97 Å². The van der Waals surface area contributed by atoms with Crippen molar-refractivity contribution in [2.75, 3.05) is 19.0 Å². The summed E-state index contributed by atoms with van der Waals surface area (Å²) >= 11 is 0. The molecular weight excluding hydrogens is 266 g/mol. The maximum Gasteiger partial charge on any atom is 0.268 e. The van der Waals surface area contributed by atoms with E-state index in [1.54, 1.807) is 7.11 Å². The van der Waals surface area contributed by atoms with Crippen molar-refractivity contribution in [2.24, 2.45) is 0 Å². The predicted octanol–water partition coefficient (Wildman–Crippen LogP) is 3.20. The van der Waals surface area contributed by atoms with Gasteiger partial charge in [0.2, 0.25) is 5.75 Å². The van der Waals surface area contributed by atoms with Gasteiger partial charge in [-0.05, 0) is 49.4 Å². The molecular formula is C16H19N3O2. The van der Waals surface area contributed by atoms with Crippen LogP contribution in [0.3, 0.4) is 0 Å². The number of hydrogen-bond acceptors (Lipinski definition) is 5. The SMILES string of the molecule is CCNc1ncnc(Oc2ccc3c(c2)CCC3)c1OC. The smallest absolute Gasteiger partial charge is 0.268 e. The van der Waals surface area contributed by atoms with Crippen molar-refractivity contribution >= 4 is 5.82 Å². The quantitative estimate of drug-likeness (QED) is 0.914. The first kappa shape index (κ1) is 13.7. The largest absolute Gasteiger partial charge is 0.489 e. The van der Waals surface area contributed by atoms with Crippen LogP contribution in [-0.2, 0) is 12.8 Å². The van der Waals surface area contributed by atoms with Gasteiger partial charge in [0.1, 0.15) is 12.1 Å². The summed E-state index contributed by atoms with van der Waals surface area (Å²) in [6.07, 6.45) is 4.98. The van der Waals surface area contributed by atoms with Gasteiger partial charge in [-0.25, -0.2) is 4.98 Å². The van der Waals surface area contributed by atoms with Gasteiger partial charge in [0, 0.05) is 6.54 Å². The fourth-order valence-corrected chi connectivity index (χ4v) is 2.63. The lowest BCUT2D eigenvalue weighted by Crippen LogP contribution is -2.04. The second-order valence-electron chi connectivity index (χ2n) is 4.98. The first-order chi connectivity index (χ1) is 10.3. The third-order valence-corrected chi connectivity index (χ3v) is 3.60. The van der Waals surface area contributed by atoms with Crippen LogP contribution in [0.1, 0.15) is 24.5 Å². The van der Waals surface area contributed by atoms with Gasteiger partial charge in [-0.2, -0.15) is 4.98 Å². The Labute approximate surface area is 124 Å². The summed E-state index contributed by atoms with van der Waals surface area (Å²) < 4.78 is 11.3. The second-order valence-corrected chi connectivity index (χ2v) is 4.98. The molecule has 0 saturated carbocycles. The third kappa shape index (κ3) is 2.77. The molecule has 1 heterocycles. The summed E-state index contributed by atoms with van der Waals surface area (Å²) in [6, 6.07) is 6.21. The topological polar surface area (TPSA) is 56.3 Å². The zero-order valence-electron chi connectivity index (χ0n) is 12.3. The maximum absolute atomic E-state index is 5.90. The molecule has 1 aliphatic rings. The Balaban J connectivity index is 1.89. The monoisotopic (exact) mass is 285 g/mol. The van der Waals surface area contributed by atoms with Gasteiger partial charge >= 0.3 is 0 Å². The Bertz CT molecular complexity index is 643. The maximum atomic E-state index is 5.90. The molecule has 0 spiro atoms. The highest BCUT2D eigenvalue weighted by molar-refractivity contribution is 5.56. The molecule has 0 saturated heterocycles. The van der Waals surface area contributed by atoms with E-state index in [2.05, 4.69) is 27.4 Å². The molecule has 0 radical (unpaired) electrons. The molecule has 0 atom stereocenters. The van der Waals surface area contributed by atoms with E-state index >= 15 is 0 Å². The number of rotatable bonds is 5. The normalized spacial score (nSPS) is 12.9. The van der Waals surface area contributed by atoms with Crippen LogP contribution < -0.4 is 14.8 Å². The lowest BCUT2D eigenvalue weighted by Gasteiger charge is -2.13. The first-order valence-corrected chi connectivity index (χ1v) is 7.24. The van der Waals surface area contributed by atoms with Gasteiger partial charge in [0.15, 0.2) is 5.82 Å². The molecule has 5 heteroatoms. The minimum Gasteiger partial charge on any atom is -0.489 e. The molecule has 3 rings (SSSR count). The van der Waals surface area contributed by atoms with E-state index in [0.29, 0.717) is 17.4 Å². The third-order valence-electron chi connectivity index (χ3n) is 3.60. The lowest BCUT2D eigenvalue weighted by molar-refractivity contribution is 0.369. The summed E-state index contributed by atoms with van der Waals surface area (Å²) in [5.74, 6) is 2.39. The van der Waals surface area contributed by atoms with Crippen LogP contribution >= 0.6 is 0 Å². The highest BCUT2D eigenvalue weighted by atomic mass is 16.5. The number of aryl methyl sites for hydroxylation is 2. The fraction of sp³-hybridized carbons (Fsp3) is 0.375. The van der Waals surface area contributed by atoms with E-state index in [4.69, 9.17) is 9.47 Å². The number of nitrogens with one attached hydrogen (secondary N) is 1. The highest BCUT2D eigenvalue weighted by Crippen LogP contribution is 2.35. The van der Waals surface area contributed by atoms with E-state index in [9.17, 15) is 0 Å². The zero-order valence-corrected chi connectivity index (χ0v) is 12.3. The molecule has 0 amide bonds. The fourth-order valence-electron chi connectivity index (χ4n) is 2.63. The lowest BCUT2D eigenvalue weighted by atomic mass is 10.1. The Morgan fingerprint density at radius 1 is 1.19 bits per heavy atom. The van der Waals surface area contributed by atoms with Crippen molar-refractivity contribution in [3.63, 3.8) is 0 Å². The van der Waals surface area contributed by atoms with Crippen molar-refractivity contribution in [1.29, 1.82) is 0 Å². The zero-order chi connectivity index (χ0) is 14.7. The number of aromatic nitrogens is 2. The number of nitrogens with zero attached hydrogens (tertiary/aromatic N) is 2. The summed E-state index contributed by atoms with van der Waals surface area (Å²) in [7, 11) is 1.59. The van der Waals surface area contributed by atoms with Crippen molar-refractivity contribution in [3.05, 3.63) is 35.7 Å². The molecule has 0 fully saturated rings. The van der Waals surface area contributed by atoms with E-state index < -0.39 is 0 Å². The van der Waals surface area contributed by atoms with Gasteiger partial charge in [0.05, 0.1) is 7.11 Å². The first-order valence-electron chi connectivity index (χ1n) is 7.24. The Morgan fingerprint density at radius 2 is 2.05 bits per heavy atom. The average Bonchev–Trinajstić information content (AvgIpc) is 2.95. The van der Waals surface area contributed by atoms with Gasteiger partial charge < -0.3 is 14.8 Å². The predicted molar refractivity (Wildman–Crippen MR) is 81.3 cm³/mol. The van der Waals surface area contributed by atoms with Crippen molar-refractivity contribution < 1.29 is 9.47 Å². The summed E-state index contributed by atoms with van der Waals surface area (Å²) in [6.45, 7) is 2.76. The van der Waals surface area contributed by atoms with Crippen LogP contribution in [0.15, 0.2) is 24.5 Å². The number of methoxy groups -OCH3 is 1. The van der Waals surface area contributed by atoms with Crippen molar-refractivity contribution in [3.8, 4) is 17.4 Å². The standard InChI is InChI=1S/C16H19N3O2/c1-3-17-15-14(20-2)16(19-10-18-15)21-13-8-7-11-5-4-6-12(11)9-13/h7-10H,3-6H2,1-2H3,(H,17,18,19). The second kappa shape index (κ2) is 5.99. The molecule has 1 N–H and O–H groups in total. The Morgan fingerprint density at radius 3 is 2.86 bits per heavy atom. The molecule has 1 aromatic heterocycles. The number of ether oxygens (including phenoxy) is 2. The summed E-state index contributed by atoms with van der Waals surface area (Å²) in [5.41, 5.74) is 2.79. The molecule has 2 aromatic rings. The molecule has 1 aromatic carbocycles. The van der Waals surface area contributed by atoms with Gasteiger partial charge in [0.25, 0.3) is 5.88 Å². The summed E-state index contributed by atoms with van der Waals surface area (Å²) in [5, 5.41) is 3.14. The number of benzene rings is 1. The van der Waals surface area contributed by atoms with Crippen LogP contribution in [0.2, 0.25) is 0 Å². The number of fused-ring (bicyclic) bond motifs is 1. The van der Waals surface area contributed by atoms with Crippen LogP contribution in [0.5, 0.6) is 17.4 Å². The Kier molecular flexibility index (Phi) is 3.90. The average molecular weight is 285 g/mol. The number of hydrogen-bond donors (Lipinski definition) is 1. The van der Waals surface area contributed by atoms with E-state index in [0.717, 1.165) is 25.1 Å². The molecule has 21 heavy (non-hydrogen) atoms. The molecule has 0 aliphatic heterocycles. The minimum absolute atomic E-state index is 0.432. The van der Waals surface area contributed by atoms with Crippen LogP contribution in [0, 0.1) is 0 Å². The van der Waals surface area contributed by atoms with E-state index in [1.807, 2.05) is 13.0 Å². The van der Waals surface area contributed by atoms with Crippen LogP contribution in [0.25, 0.3) is 0 Å². The molecule has 110 valence electrons.